The number of carboxylic acids is 1. The lowest BCUT2D eigenvalue weighted by molar-refractivity contribution is -0.143. The topological polar surface area (TPSA) is 99.2 Å². The van der Waals surface area contributed by atoms with Gasteiger partial charge in [0.2, 0.25) is 5.82 Å². The van der Waals surface area contributed by atoms with Crippen molar-refractivity contribution in [1.82, 2.24) is 20.1 Å². The van der Waals surface area contributed by atoms with Crippen LogP contribution in [0.3, 0.4) is 0 Å². The first-order valence-corrected chi connectivity index (χ1v) is 5.06. The summed E-state index contributed by atoms with van der Waals surface area (Å²) in [6.07, 6.45) is 2.27. The molecule has 0 saturated carbocycles. The molecule has 7 nitrogen and oxygen atoms in total. The number of likely N-dealkylation sites (tertiary alicyclic amines) is 1. The predicted molar refractivity (Wildman–Crippen MR) is 52.6 cm³/mol. The summed E-state index contributed by atoms with van der Waals surface area (Å²) in [4.78, 5) is 27.9. The normalized spacial score (nSPS) is 17.4. The molecule has 0 atom stereocenters. The van der Waals surface area contributed by atoms with Gasteiger partial charge in [0.25, 0.3) is 5.91 Å². The number of aliphatic carboxylic acids is 1. The molecule has 1 amide bonds. The molecule has 1 saturated heterocycles. The molecule has 7 heteroatoms. The number of amides is 1. The second-order valence-corrected chi connectivity index (χ2v) is 3.74. The summed E-state index contributed by atoms with van der Waals surface area (Å²) in [6, 6.07) is 0. The number of aromatic amines is 1. The van der Waals surface area contributed by atoms with Crippen LogP contribution in [0, 0.1) is 5.92 Å². The van der Waals surface area contributed by atoms with Crippen LogP contribution in [0.5, 0.6) is 0 Å². The van der Waals surface area contributed by atoms with Crippen molar-refractivity contribution in [2.75, 3.05) is 13.1 Å². The quantitative estimate of drug-likeness (QED) is 0.721. The molecule has 0 radical (unpaired) electrons. The Morgan fingerprint density at radius 1 is 1.44 bits per heavy atom. The van der Waals surface area contributed by atoms with E-state index in [1.54, 1.807) is 4.90 Å². The molecular weight excluding hydrogens is 212 g/mol. The van der Waals surface area contributed by atoms with E-state index in [0.717, 1.165) is 0 Å². The summed E-state index contributed by atoms with van der Waals surface area (Å²) in [7, 11) is 0. The Morgan fingerprint density at radius 3 is 2.62 bits per heavy atom. The standard InChI is InChI=1S/C9H12N4O3/c14-8(7-10-5-11-12-7)13-3-1-6(2-4-13)9(15)16/h5-6H,1-4H2,(H,15,16)(H,10,11,12). The Balaban J connectivity index is 1.94. The third kappa shape index (κ3) is 2.02. The fraction of sp³-hybridized carbons (Fsp3) is 0.556. The van der Waals surface area contributed by atoms with Crippen molar-refractivity contribution in [3.63, 3.8) is 0 Å². The van der Waals surface area contributed by atoms with E-state index in [9.17, 15) is 9.59 Å². The van der Waals surface area contributed by atoms with Crippen LogP contribution >= 0.6 is 0 Å². The van der Waals surface area contributed by atoms with Gasteiger partial charge >= 0.3 is 5.97 Å². The van der Waals surface area contributed by atoms with Crippen molar-refractivity contribution in [2.24, 2.45) is 5.92 Å². The maximum absolute atomic E-state index is 11.8. The van der Waals surface area contributed by atoms with Gasteiger partial charge in [0.15, 0.2) is 0 Å². The van der Waals surface area contributed by atoms with E-state index in [4.69, 9.17) is 5.11 Å². The highest BCUT2D eigenvalue weighted by atomic mass is 16.4. The van der Waals surface area contributed by atoms with Crippen molar-refractivity contribution >= 4 is 11.9 Å². The van der Waals surface area contributed by atoms with Gasteiger partial charge in [-0.1, -0.05) is 0 Å². The highest BCUT2D eigenvalue weighted by Crippen LogP contribution is 2.18. The zero-order chi connectivity index (χ0) is 11.5. The highest BCUT2D eigenvalue weighted by Gasteiger charge is 2.28. The van der Waals surface area contributed by atoms with Gasteiger partial charge in [-0.25, -0.2) is 4.98 Å². The average molecular weight is 224 g/mol. The van der Waals surface area contributed by atoms with E-state index in [1.807, 2.05) is 0 Å². The largest absolute Gasteiger partial charge is 0.481 e. The minimum atomic E-state index is -0.785. The predicted octanol–water partition coefficient (Wildman–Crippen LogP) is -0.259. The number of carbonyl (C=O) groups is 2. The van der Waals surface area contributed by atoms with E-state index in [0.29, 0.717) is 25.9 Å². The molecule has 0 bridgehead atoms. The number of carboxylic acid groups (broad SMARTS) is 1. The molecule has 1 fully saturated rings. The molecule has 1 aliphatic rings. The number of carbonyl (C=O) groups excluding carboxylic acids is 1. The molecular formula is C9H12N4O3. The number of hydrogen-bond donors (Lipinski definition) is 2. The summed E-state index contributed by atoms with van der Waals surface area (Å²) in [5.41, 5.74) is 0. The van der Waals surface area contributed by atoms with Gasteiger partial charge in [0.05, 0.1) is 5.92 Å². The molecule has 86 valence electrons. The van der Waals surface area contributed by atoms with E-state index in [2.05, 4.69) is 15.2 Å². The van der Waals surface area contributed by atoms with Gasteiger partial charge in [-0.15, -0.1) is 0 Å². The molecule has 2 rings (SSSR count). The van der Waals surface area contributed by atoms with Gasteiger partial charge in [0.1, 0.15) is 6.33 Å². The van der Waals surface area contributed by atoms with E-state index < -0.39 is 5.97 Å². The van der Waals surface area contributed by atoms with E-state index >= 15 is 0 Å². The lowest BCUT2D eigenvalue weighted by Crippen LogP contribution is -2.40. The Hall–Kier alpha value is -1.92. The van der Waals surface area contributed by atoms with Crippen molar-refractivity contribution in [2.45, 2.75) is 12.8 Å². The maximum atomic E-state index is 11.8. The van der Waals surface area contributed by atoms with Crippen LogP contribution in [-0.4, -0.2) is 50.2 Å². The van der Waals surface area contributed by atoms with Crippen LogP contribution in [0.1, 0.15) is 23.5 Å². The molecule has 0 unspecified atom stereocenters. The average Bonchev–Trinajstić information content (AvgIpc) is 2.81. The Labute approximate surface area is 91.5 Å². The Bertz CT molecular complexity index is 381. The van der Waals surface area contributed by atoms with Crippen LogP contribution < -0.4 is 0 Å². The fourth-order valence-corrected chi connectivity index (χ4v) is 1.79. The first-order valence-electron chi connectivity index (χ1n) is 5.06. The monoisotopic (exact) mass is 224 g/mol. The summed E-state index contributed by atoms with van der Waals surface area (Å²) >= 11 is 0. The molecule has 0 spiro atoms. The molecule has 2 heterocycles. The number of piperidine rings is 1. The van der Waals surface area contributed by atoms with Crippen molar-refractivity contribution in [3.05, 3.63) is 12.2 Å². The highest BCUT2D eigenvalue weighted by molar-refractivity contribution is 5.90. The molecule has 0 aliphatic carbocycles. The second-order valence-electron chi connectivity index (χ2n) is 3.74. The van der Waals surface area contributed by atoms with Crippen molar-refractivity contribution in [1.29, 1.82) is 0 Å². The second kappa shape index (κ2) is 4.30. The zero-order valence-corrected chi connectivity index (χ0v) is 8.59. The van der Waals surface area contributed by atoms with Gasteiger partial charge in [-0.05, 0) is 12.8 Å². The van der Waals surface area contributed by atoms with Crippen LogP contribution in [0.15, 0.2) is 6.33 Å². The number of hydrogen-bond acceptors (Lipinski definition) is 4. The maximum Gasteiger partial charge on any atom is 0.306 e. The smallest absolute Gasteiger partial charge is 0.306 e. The number of nitrogens with one attached hydrogen (secondary N) is 1. The van der Waals surface area contributed by atoms with Gasteiger partial charge in [-0.2, -0.15) is 5.10 Å². The number of nitrogens with zero attached hydrogens (tertiary/aromatic N) is 3. The number of rotatable bonds is 2. The van der Waals surface area contributed by atoms with Crippen LogP contribution in [0.25, 0.3) is 0 Å². The molecule has 2 N–H and O–H groups in total. The summed E-state index contributed by atoms with van der Waals surface area (Å²) in [6.45, 7) is 0.910. The van der Waals surface area contributed by atoms with Gasteiger partial charge < -0.3 is 10.0 Å². The minimum Gasteiger partial charge on any atom is -0.481 e. The third-order valence-corrected chi connectivity index (χ3v) is 2.75. The Morgan fingerprint density at radius 2 is 2.12 bits per heavy atom. The third-order valence-electron chi connectivity index (χ3n) is 2.75. The van der Waals surface area contributed by atoms with Gasteiger partial charge in [-0.3, -0.25) is 14.7 Å². The van der Waals surface area contributed by atoms with Crippen LogP contribution in [-0.2, 0) is 4.79 Å². The minimum absolute atomic E-state index is 0.203. The molecule has 1 aromatic rings. The molecule has 16 heavy (non-hydrogen) atoms. The SMILES string of the molecule is O=C(O)C1CCN(C(=O)c2ncn[nH]2)CC1. The Kier molecular flexibility index (Phi) is 2.84. The molecule has 0 aromatic carbocycles. The summed E-state index contributed by atoms with van der Waals surface area (Å²) in [5, 5.41) is 14.9. The van der Waals surface area contributed by atoms with Crippen LogP contribution in [0.4, 0.5) is 0 Å². The van der Waals surface area contributed by atoms with E-state index in [-0.39, 0.29) is 17.6 Å². The van der Waals surface area contributed by atoms with Gasteiger partial charge in [0, 0.05) is 13.1 Å². The lowest BCUT2D eigenvalue weighted by atomic mass is 9.97. The summed E-state index contributed by atoms with van der Waals surface area (Å²) in [5.74, 6) is -1.14. The van der Waals surface area contributed by atoms with E-state index in [1.165, 1.54) is 6.33 Å². The summed E-state index contributed by atoms with van der Waals surface area (Å²) < 4.78 is 0. The lowest BCUT2D eigenvalue weighted by Gasteiger charge is -2.29. The zero-order valence-electron chi connectivity index (χ0n) is 8.59. The number of H-pyrrole nitrogens is 1. The van der Waals surface area contributed by atoms with Crippen molar-refractivity contribution in [3.8, 4) is 0 Å². The first kappa shape index (κ1) is 10.6. The van der Waals surface area contributed by atoms with Crippen LogP contribution in [0.2, 0.25) is 0 Å². The number of aromatic nitrogens is 3. The molecule has 1 aromatic heterocycles. The molecule has 1 aliphatic heterocycles. The first-order chi connectivity index (χ1) is 7.68. The fourth-order valence-electron chi connectivity index (χ4n) is 1.79. The van der Waals surface area contributed by atoms with Crippen molar-refractivity contribution < 1.29 is 14.7 Å².